The van der Waals surface area contributed by atoms with E-state index in [-0.39, 0.29) is 5.56 Å². The zero-order valence-corrected chi connectivity index (χ0v) is 11.7. The highest BCUT2D eigenvalue weighted by Gasteiger charge is 2.17. The van der Waals surface area contributed by atoms with Gasteiger partial charge in [0, 0.05) is 12.2 Å². The molecule has 2 aromatic heterocycles. The van der Waals surface area contributed by atoms with Crippen molar-refractivity contribution in [3.05, 3.63) is 17.3 Å². The fraction of sp³-hybridized carbons (Fsp3) is 0.417. The third-order valence-corrected chi connectivity index (χ3v) is 3.43. The van der Waals surface area contributed by atoms with Crippen LogP contribution in [0.25, 0.3) is 10.3 Å². The number of pyridine rings is 1. The number of anilines is 1. The van der Waals surface area contributed by atoms with E-state index < -0.39 is 11.6 Å². The van der Waals surface area contributed by atoms with E-state index in [2.05, 4.69) is 15.3 Å². The maximum absolute atomic E-state index is 11.2. The number of thiazole rings is 1. The molecule has 0 amide bonds. The molecule has 0 radical (unpaired) electrons. The number of carboxylic acid groups (broad SMARTS) is 1. The Balaban J connectivity index is 2.40. The van der Waals surface area contributed by atoms with Crippen LogP contribution >= 0.6 is 11.3 Å². The number of aromatic carboxylic acids is 1. The molecule has 0 aromatic carbocycles. The minimum Gasteiger partial charge on any atom is -0.478 e. The highest BCUT2D eigenvalue weighted by molar-refractivity contribution is 7.22. The highest BCUT2D eigenvalue weighted by atomic mass is 32.1. The number of carbonyl (C=O) groups is 1. The van der Waals surface area contributed by atoms with Gasteiger partial charge in [0.25, 0.3) is 0 Å². The number of rotatable bonds is 4. The molecule has 0 unspecified atom stereocenters. The van der Waals surface area contributed by atoms with Crippen LogP contribution in [-0.4, -0.2) is 38.3 Å². The monoisotopic (exact) mass is 281 g/mol. The van der Waals surface area contributed by atoms with Crippen molar-refractivity contribution in [3.63, 3.8) is 0 Å². The van der Waals surface area contributed by atoms with Crippen molar-refractivity contribution < 1.29 is 15.0 Å². The van der Waals surface area contributed by atoms with Gasteiger partial charge in [0.2, 0.25) is 0 Å². The standard InChI is InChI=1S/C12H15N3O3S/c1-6-4-7(10(16)17)8-9(14-6)15-11(19-8)13-5-12(2,3)18/h4,18H,5H2,1-3H3,(H,16,17)(H,13,14,15). The maximum Gasteiger partial charge on any atom is 0.337 e. The summed E-state index contributed by atoms with van der Waals surface area (Å²) in [4.78, 5) is 19.6. The number of aromatic nitrogens is 2. The molecule has 0 atom stereocenters. The van der Waals surface area contributed by atoms with Crippen LogP contribution in [-0.2, 0) is 0 Å². The molecule has 0 aliphatic carbocycles. The Morgan fingerprint density at radius 3 is 2.74 bits per heavy atom. The van der Waals surface area contributed by atoms with Crippen molar-refractivity contribution in [2.75, 3.05) is 11.9 Å². The highest BCUT2D eigenvalue weighted by Crippen LogP contribution is 2.28. The fourth-order valence-electron chi connectivity index (χ4n) is 1.56. The van der Waals surface area contributed by atoms with Gasteiger partial charge in [-0.25, -0.2) is 14.8 Å². The summed E-state index contributed by atoms with van der Waals surface area (Å²) in [6.45, 7) is 5.42. The summed E-state index contributed by atoms with van der Waals surface area (Å²) in [5.41, 5.74) is 0.373. The zero-order valence-electron chi connectivity index (χ0n) is 10.9. The van der Waals surface area contributed by atoms with Crippen molar-refractivity contribution in [2.24, 2.45) is 0 Å². The molecule has 0 aliphatic heterocycles. The second-order valence-electron chi connectivity index (χ2n) is 4.95. The van der Waals surface area contributed by atoms with Gasteiger partial charge in [-0.15, -0.1) is 0 Å². The van der Waals surface area contributed by atoms with Crippen LogP contribution in [0.2, 0.25) is 0 Å². The van der Waals surface area contributed by atoms with Crippen LogP contribution in [0.4, 0.5) is 5.13 Å². The summed E-state index contributed by atoms with van der Waals surface area (Å²) in [6.07, 6.45) is 0. The van der Waals surface area contributed by atoms with E-state index in [1.807, 2.05) is 0 Å². The number of fused-ring (bicyclic) bond motifs is 1. The summed E-state index contributed by atoms with van der Waals surface area (Å²) in [5, 5.41) is 22.3. The molecule has 19 heavy (non-hydrogen) atoms. The molecule has 3 N–H and O–H groups in total. The average molecular weight is 281 g/mol. The molecular formula is C12H15N3O3S. The molecule has 0 aliphatic rings. The van der Waals surface area contributed by atoms with E-state index in [0.717, 1.165) is 0 Å². The lowest BCUT2D eigenvalue weighted by Crippen LogP contribution is -2.29. The van der Waals surface area contributed by atoms with E-state index >= 15 is 0 Å². The summed E-state index contributed by atoms with van der Waals surface area (Å²) in [6, 6.07) is 1.53. The molecule has 0 bridgehead atoms. The van der Waals surface area contributed by atoms with Crippen molar-refractivity contribution in [1.82, 2.24) is 9.97 Å². The van der Waals surface area contributed by atoms with Crippen LogP contribution in [0, 0.1) is 6.92 Å². The molecule has 0 fully saturated rings. The third kappa shape index (κ3) is 3.18. The summed E-state index contributed by atoms with van der Waals surface area (Å²) >= 11 is 1.22. The Hall–Kier alpha value is -1.73. The van der Waals surface area contributed by atoms with Gasteiger partial charge in [-0.1, -0.05) is 11.3 Å². The molecule has 2 heterocycles. The van der Waals surface area contributed by atoms with Crippen molar-refractivity contribution in [3.8, 4) is 0 Å². The first kappa shape index (κ1) is 13.7. The lowest BCUT2D eigenvalue weighted by atomic mass is 10.1. The molecule has 0 saturated carbocycles. The molecule has 102 valence electrons. The van der Waals surface area contributed by atoms with Gasteiger partial charge in [0.15, 0.2) is 10.8 Å². The Morgan fingerprint density at radius 1 is 1.47 bits per heavy atom. The Kier molecular flexibility index (Phi) is 3.42. The van der Waals surface area contributed by atoms with E-state index in [9.17, 15) is 9.90 Å². The van der Waals surface area contributed by atoms with Crippen LogP contribution in [0.3, 0.4) is 0 Å². The molecule has 0 saturated heterocycles. The first-order valence-electron chi connectivity index (χ1n) is 5.74. The maximum atomic E-state index is 11.2. The predicted octanol–water partition coefficient (Wildman–Crippen LogP) is 1.88. The second kappa shape index (κ2) is 4.75. The van der Waals surface area contributed by atoms with Gasteiger partial charge in [0.05, 0.1) is 15.9 Å². The number of hydrogen-bond donors (Lipinski definition) is 3. The van der Waals surface area contributed by atoms with Crippen LogP contribution in [0.5, 0.6) is 0 Å². The summed E-state index contributed by atoms with van der Waals surface area (Å²) in [7, 11) is 0. The largest absolute Gasteiger partial charge is 0.478 e. The normalized spacial score (nSPS) is 11.8. The van der Waals surface area contributed by atoms with E-state index in [1.165, 1.54) is 17.4 Å². The number of nitrogens with one attached hydrogen (secondary N) is 1. The quantitative estimate of drug-likeness (QED) is 0.792. The second-order valence-corrected chi connectivity index (χ2v) is 5.95. The van der Waals surface area contributed by atoms with Gasteiger partial charge in [-0.2, -0.15) is 0 Å². The Labute approximate surface area is 114 Å². The number of aliphatic hydroxyl groups is 1. The smallest absolute Gasteiger partial charge is 0.337 e. The minimum absolute atomic E-state index is 0.205. The van der Waals surface area contributed by atoms with E-state index in [0.29, 0.717) is 27.7 Å². The molecule has 6 nitrogen and oxygen atoms in total. The van der Waals surface area contributed by atoms with Crippen LogP contribution in [0.1, 0.15) is 29.9 Å². The number of carboxylic acids is 1. The molecular weight excluding hydrogens is 266 g/mol. The SMILES string of the molecule is Cc1cc(C(=O)O)c2sc(NCC(C)(C)O)nc2n1. The van der Waals surface area contributed by atoms with Crippen molar-refractivity contribution >= 4 is 32.8 Å². The molecule has 0 spiro atoms. The Morgan fingerprint density at radius 2 is 2.16 bits per heavy atom. The number of aryl methyl sites for hydroxylation is 1. The molecule has 2 aromatic rings. The first-order valence-corrected chi connectivity index (χ1v) is 6.55. The van der Waals surface area contributed by atoms with Gasteiger partial charge in [-0.3, -0.25) is 0 Å². The minimum atomic E-state index is -0.992. The molecule has 2 rings (SSSR count). The predicted molar refractivity (Wildman–Crippen MR) is 73.9 cm³/mol. The van der Waals surface area contributed by atoms with Crippen LogP contribution < -0.4 is 5.32 Å². The third-order valence-electron chi connectivity index (χ3n) is 2.39. The van der Waals surface area contributed by atoms with Crippen molar-refractivity contribution in [1.29, 1.82) is 0 Å². The lowest BCUT2D eigenvalue weighted by molar-refractivity contribution is 0.0698. The van der Waals surface area contributed by atoms with Gasteiger partial charge in [-0.05, 0) is 26.8 Å². The van der Waals surface area contributed by atoms with E-state index in [1.54, 1.807) is 20.8 Å². The fourth-order valence-corrected chi connectivity index (χ4v) is 2.47. The average Bonchev–Trinajstić information content (AvgIpc) is 2.66. The zero-order chi connectivity index (χ0) is 14.2. The van der Waals surface area contributed by atoms with Gasteiger partial charge >= 0.3 is 5.97 Å². The van der Waals surface area contributed by atoms with E-state index in [4.69, 9.17) is 5.11 Å². The summed E-state index contributed by atoms with van der Waals surface area (Å²) in [5.74, 6) is -0.992. The lowest BCUT2D eigenvalue weighted by Gasteiger charge is -2.16. The first-order chi connectivity index (χ1) is 8.76. The topological polar surface area (TPSA) is 95.3 Å². The van der Waals surface area contributed by atoms with Crippen LogP contribution in [0.15, 0.2) is 6.07 Å². The van der Waals surface area contributed by atoms with Gasteiger partial charge < -0.3 is 15.5 Å². The number of nitrogens with zero attached hydrogens (tertiary/aromatic N) is 2. The Bertz CT molecular complexity index is 631. The molecule has 7 heteroatoms. The number of hydrogen-bond acceptors (Lipinski definition) is 6. The van der Waals surface area contributed by atoms with Crippen molar-refractivity contribution in [2.45, 2.75) is 26.4 Å². The van der Waals surface area contributed by atoms with Gasteiger partial charge in [0.1, 0.15) is 0 Å². The summed E-state index contributed by atoms with van der Waals surface area (Å²) < 4.78 is 0.538.